The second kappa shape index (κ2) is 7.26. The number of esters is 1. The third-order valence-electron chi connectivity index (χ3n) is 2.53. The number of rotatable bonds is 6. The van der Waals surface area contributed by atoms with E-state index in [1.54, 1.807) is 7.11 Å². The van der Waals surface area contributed by atoms with Crippen molar-refractivity contribution in [2.24, 2.45) is 0 Å². The summed E-state index contributed by atoms with van der Waals surface area (Å²) < 4.78 is 32.7. The van der Waals surface area contributed by atoms with E-state index in [0.717, 1.165) is 0 Å². The monoisotopic (exact) mass is 340 g/mol. The lowest BCUT2D eigenvalue weighted by Crippen LogP contribution is -2.11. The fourth-order valence-corrected chi connectivity index (χ4v) is 3.07. The fourth-order valence-electron chi connectivity index (χ4n) is 1.57. The van der Waals surface area contributed by atoms with Gasteiger partial charge in [0, 0.05) is 35.8 Å². The first-order valence-corrected chi connectivity index (χ1v) is 8.37. The predicted octanol–water partition coefficient (Wildman–Crippen LogP) is 2.77. The van der Waals surface area contributed by atoms with E-state index in [0.29, 0.717) is 13.0 Å². The maximum atomic E-state index is 11.9. The van der Waals surface area contributed by atoms with Crippen LogP contribution in [-0.2, 0) is 18.5 Å². The van der Waals surface area contributed by atoms with Crippen LogP contribution in [0, 0.1) is 6.92 Å². The molecule has 0 heterocycles. The number of hydrogen-bond acceptors (Lipinski definition) is 5. The molecule has 0 aliphatic carbocycles. The highest BCUT2D eigenvalue weighted by molar-refractivity contribution is 8.13. The first kappa shape index (κ1) is 17.2. The molecule has 0 spiro atoms. The second-order valence-electron chi connectivity index (χ2n) is 4.00. The van der Waals surface area contributed by atoms with Crippen molar-refractivity contribution in [3.8, 4) is 0 Å². The van der Waals surface area contributed by atoms with Crippen LogP contribution in [0.1, 0.15) is 22.3 Å². The third kappa shape index (κ3) is 4.63. The second-order valence-corrected chi connectivity index (χ2v) is 6.97. The molecule has 0 aromatic heterocycles. The normalized spacial score (nSPS) is 11.4. The van der Waals surface area contributed by atoms with Crippen molar-refractivity contribution >= 4 is 37.3 Å². The number of hydrogen-bond donors (Lipinski definition) is 0. The molecule has 112 valence electrons. The highest BCUT2D eigenvalue weighted by Gasteiger charge is 2.21. The summed E-state index contributed by atoms with van der Waals surface area (Å²) in [7, 11) is 2.86. The van der Waals surface area contributed by atoms with Crippen LogP contribution in [-0.4, -0.2) is 34.7 Å². The van der Waals surface area contributed by atoms with Gasteiger partial charge in [-0.25, -0.2) is 13.2 Å². The van der Waals surface area contributed by atoms with Crippen LogP contribution in [0.3, 0.4) is 0 Å². The minimum Gasteiger partial charge on any atom is -0.462 e. The van der Waals surface area contributed by atoms with E-state index in [4.69, 9.17) is 31.8 Å². The summed E-state index contributed by atoms with van der Waals surface area (Å²) in [5.74, 6) is -0.650. The molecule has 1 rings (SSSR count). The number of ether oxygens (including phenoxy) is 2. The Morgan fingerprint density at radius 3 is 2.50 bits per heavy atom. The minimum absolute atomic E-state index is 0.0779. The molecule has 0 radical (unpaired) electrons. The Bertz CT molecular complexity index is 598. The lowest BCUT2D eigenvalue weighted by Gasteiger charge is -2.10. The maximum absolute atomic E-state index is 11.9. The van der Waals surface area contributed by atoms with Crippen molar-refractivity contribution in [2.75, 3.05) is 20.3 Å². The zero-order valence-corrected chi connectivity index (χ0v) is 13.3. The zero-order valence-electron chi connectivity index (χ0n) is 11.0. The summed E-state index contributed by atoms with van der Waals surface area (Å²) in [6.07, 6.45) is 0.544. The van der Waals surface area contributed by atoms with Gasteiger partial charge in [-0.05, 0) is 24.6 Å². The van der Waals surface area contributed by atoms with Crippen LogP contribution < -0.4 is 0 Å². The summed E-state index contributed by atoms with van der Waals surface area (Å²) in [6, 6.07) is 2.54. The molecule has 0 atom stereocenters. The Labute approximate surface area is 127 Å². The SMILES string of the molecule is COCCCOC(=O)c1cc(Cl)cc(S(=O)(=O)Cl)c1C. The van der Waals surface area contributed by atoms with Crippen LogP contribution >= 0.6 is 22.3 Å². The molecule has 0 aliphatic heterocycles. The van der Waals surface area contributed by atoms with Gasteiger partial charge in [0.25, 0.3) is 9.05 Å². The number of methoxy groups -OCH3 is 1. The van der Waals surface area contributed by atoms with Crippen LogP contribution in [0.15, 0.2) is 17.0 Å². The molecule has 0 fully saturated rings. The van der Waals surface area contributed by atoms with Crippen LogP contribution in [0.5, 0.6) is 0 Å². The summed E-state index contributed by atoms with van der Waals surface area (Å²) in [5, 5.41) is 0.0960. The van der Waals surface area contributed by atoms with E-state index in [2.05, 4.69) is 0 Å². The van der Waals surface area contributed by atoms with Gasteiger partial charge in [-0.3, -0.25) is 0 Å². The highest BCUT2D eigenvalue weighted by atomic mass is 35.7. The Hall–Kier alpha value is -0.820. The van der Waals surface area contributed by atoms with Crippen molar-refractivity contribution in [3.63, 3.8) is 0 Å². The fraction of sp³-hybridized carbons (Fsp3) is 0.417. The standard InChI is InChI=1S/C12H14Cl2O5S/c1-8-10(12(15)19-5-3-4-18-2)6-9(13)7-11(8)20(14,16)17/h6-7H,3-5H2,1-2H3. The highest BCUT2D eigenvalue weighted by Crippen LogP contribution is 2.27. The van der Waals surface area contributed by atoms with E-state index in [-0.39, 0.29) is 27.7 Å². The van der Waals surface area contributed by atoms with E-state index < -0.39 is 15.0 Å². The average molecular weight is 341 g/mol. The summed E-state index contributed by atoms with van der Waals surface area (Å²) in [6.45, 7) is 2.10. The van der Waals surface area contributed by atoms with Gasteiger partial charge >= 0.3 is 5.97 Å². The number of benzene rings is 1. The zero-order chi connectivity index (χ0) is 15.3. The molecule has 0 amide bonds. The molecule has 20 heavy (non-hydrogen) atoms. The van der Waals surface area contributed by atoms with Crippen LogP contribution in [0.4, 0.5) is 0 Å². The van der Waals surface area contributed by atoms with Gasteiger partial charge in [-0.2, -0.15) is 0 Å². The van der Waals surface area contributed by atoms with Gasteiger partial charge in [0.1, 0.15) is 0 Å². The van der Waals surface area contributed by atoms with Crippen LogP contribution in [0.2, 0.25) is 5.02 Å². The molecule has 0 unspecified atom stereocenters. The topological polar surface area (TPSA) is 69.7 Å². The molecule has 8 heteroatoms. The molecule has 0 bridgehead atoms. The van der Waals surface area contributed by atoms with Crippen molar-refractivity contribution in [1.29, 1.82) is 0 Å². The molecule has 0 aliphatic rings. The first-order valence-electron chi connectivity index (χ1n) is 5.68. The van der Waals surface area contributed by atoms with Crippen LogP contribution in [0.25, 0.3) is 0 Å². The Morgan fingerprint density at radius 2 is 1.95 bits per heavy atom. The lowest BCUT2D eigenvalue weighted by molar-refractivity contribution is 0.0467. The lowest BCUT2D eigenvalue weighted by atomic mass is 10.1. The molecular formula is C12H14Cl2O5S. The molecule has 1 aromatic rings. The molecule has 5 nitrogen and oxygen atoms in total. The molecule has 0 N–H and O–H groups in total. The van der Waals surface area contributed by atoms with Crippen molar-refractivity contribution in [1.82, 2.24) is 0 Å². The number of halogens is 2. The Kier molecular flexibility index (Phi) is 6.26. The number of carbonyl (C=O) groups is 1. The van der Waals surface area contributed by atoms with E-state index >= 15 is 0 Å². The number of carbonyl (C=O) groups excluding carboxylic acids is 1. The quantitative estimate of drug-likeness (QED) is 0.452. The first-order chi connectivity index (χ1) is 9.27. The third-order valence-corrected chi connectivity index (χ3v) is 4.20. The summed E-state index contributed by atoms with van der Waals surface area (Å²) in [5.41, 5.74) is 0.287. The van der Waals surface area contributed by atoms with Gasteiger partial charge in [-0.1, -0.05) is 11.6 Å². The predicted molar refractivity (Wildman–Crippen MR) is 76.0 cm³/mol. The molecular weight excluding hydrogens is 327 g/mol. The summed E-state index contributed by atoms with van der Waals surface area (Å²) >= 11 is 5.81. The maximum Gasteiger partial charge on any atom is 0.338 e. The van der Waals surface area contributed by atoms with Gasteiger partial charge in [0.05, 0.1) is 17.1 Å². The largest absolute Gasteiger partial charge is 0.462 e. The van der Waals surface area contributed by atoms with Crippen molar-refractivity contribution < 1.29 is 22.7 Å². The van der Waals surface area contributed by atoms with Gasteiger partial charge in [0.15, 0.2) is 0 Å². The molecule has 0 saturated heterocycles. The average Bonchev–Trinajstić information content (AvgIpc) is 2.35. The summed E-state index contributed by atoms with van der Waals surface area (Å²) in [4.78, 5) is 11.7. The van der Waals surface area contributed by atoms with E-state index in [1.807, 2.05) is 0 Å². The van der Waals surface area contributed by atoms with Gasteiger partial charge in [0.2, 0.25) is 0 Å². The van der Waals surface area contributed by atoms with Gasteiger partial charge in [-0.15, -0.1) is 0 Å². The van der Waals surface area contributed by atoms with E-state index in [1.165, 1.54) is 19.1 Å². The van der Waals surface area contributed by atoms with E-state index in [9.17, 15) is 13.2 Å². The molecule has 1 aromatic carbocycles. The van der Waals surface area contributed by atoms with Crippen molar-refractivity contribution in [3.05, 3.63) is 28.3 Å². The Balaban J connectivity index is 3.01. The molecule has 0 saturated carbocycles. The van der Waals surface area contributed by atoms with Gasteiger partial charge < -0.3 is 9.47 Å². The Morgan fingerprint density at radius 1 is 1.30 bits per heavy atom. The minimum atomic E-state index is -3.98. The van der Waals surface area contributed by atoms with Crippen molar-refractivity contribution in [2.45, 2.75) is 18.2 Å². The smallest absolute Gasteiger partial charge is 0.338 e.